The topological polar surface area (TPSA) is 31.2 Å². The highest BCUT2D eigenvalue weighted by Gasteiger charge is 2.28. The second kappa shape index (κ2) is 5.35. The number of aryl methyl sites for hydroxylation is 1. The van der Waals surface area contributed by atoms with Crippen LogP contribution in [0.25, 0.3) is 0 Å². The molecular weight excluding hydrogens is 269 g/mol. The Morgan fingerprint density at radius 1 is 1.33 bits per heavy atom. The van der Waals surface area contributed by atoms with Gasteiger partial charge in [0.05, 0.1) is 0 Å². The molecule has 0 bridgehead atoms. The normalized spacial score (nSPS) is 14.2. The fourth-order valence-corrected chi connectivity index (χ4v) is 2.74. The zero-order valence-corrected chi connectivity index (χ0v) is 12.2. The zero-order chi connectivity index (χ0) is 15.0. The van der Waals surface area contributed by atoms with Crippen molar-refractivity contribution in [3.63, 3.8) is 0 Å². The summed E-state index contributed by atoms with van der Waals surface area (Å²) in [5.74, 6) is -0.0644. The van der Waals surface area contributed by atoms with Gasteiger partial charge in [0.15, 0.2) is 6.61 Å². The summed E-state index contributed by atoms with van der Waals surface area (Å²) in [6.07, 6.45) is 2.37. The predicted octanol–water partition coefficient (Wildman–Crippen LogP) is 3.84. The summed E-state index contributed by atoms with van der Waals surface area (Å²) in [5.41, 5.74) is 2.82. The van der Waals surface area contributed by atoms with Crippen LogP contribution in [0.3, 0.4) is 0 Å². The van der Waals surface area contributed by atoms with Gasteiger partial charge in [-0.05, 0) is 44.9 Å². The first-order chi connectivity index (χ1) is 10.1. The Morgan fingerprint density at radius 2 is 2.10 bits per heavy atom. The average molecular weight is 287 g/mol. The molecule has 3 nitrogen and oxygen atoms in total. The monoisotopic (exact) mass is 287 g/mol. The van der Waals surface area contributed by atoms with Gasteiger partial charge in [0.1, 0.15) is 11.6 Å². The molecule has 0 aliphatic heterocycles. The smallest absolute Gasteiger partial charge is 0.202 e. The first-order valence-corrected chi connectivity index (χ1v) is 7.16. The van der Waals surface area contributed by atoms with Crippen molar-refractivity contribution in [1.29, 1.82) is 0 Å². The van der Waals surface area contributed by atoms with E-state index in [1.54, 1.807) is 12.1 Å². The van der Waals surface area contributed by atoms with Crippen molar-refractivity contribution < 1.29 is 13.9 Å². The Hall–Kier alpha value is -2.10. The third kappa shape index (κ3) is 2.84. The van der Waals surface area contributed by atoms with Crippen LogP contribution in [0.4, 0.5) is 4.39 Å². The lowest BCUT2D eigenvalue weighted by atomic mass is 10.1. The standard InChI is InChI=1S/C17H18FNO2/c1-11-8-16(12(2)19(11)14-6-7-14)17(20)10-21-15-5-3-4-13(18)9-15/h3-5,8-9,14H,6-7,10H2,1-2H3. The molecule has 21 heavy (non-hydrogen) atoms. The largest absolute Gasteiger partial charge is 0.485 e. The Labute approximate surface area is 123 Å². The van der Waals surface area contributed by atoms with E-state index < -0.39 is 0 Å². The molecule has 3 rings (SSSR count). The molecule has 0 N–H and O–H groups in total. The summed E-state index contributed by atoms with van der Waals surface area (Å²) in [4.78, 5) is 12.3. The van der Waals surface area contributed by atoms with E-state index in [0.29, 0.717) is 17.4 Å². The van der Waals surface area contributed by atoms with Gasteiger partial charge in [-0.25, -0.2) is 4.39 Å². The van der Waals surface area contributed by atoms with Crippen LogP contribution in [0.5, 0.6) is 5.75 Å². The summed E-state index contributed by atoms with van der Waals surface area (Å²) in [5, 5.41) is 0. The molecule has 1 heterocycles. The number of ether oxygens (including phenoxy) is 1. The van der Waals surface area contributed by atoms with Gasteiger partial charge in [-0.1, -0.05) is 6.07 Å². The highest BCUT2D eigenvalue weighted by Crippen LogP contribution is 2.38. The minimum absolute atomic E-state index is 0.0701. The minimum Gasteiger partial charge on any atom is -0.485 e. The maximum atomic E-state index is 13.1. The molecule has 0 saturated heterocycles. The van der Waals surface area contributed by atoms with E-state index in [-0.39, 0.29) is 18.2 Å². The zero-order valence-electron chi connectivity index (χ0n) is 12.2. The van der Waals surface area contributed by atoms with Crippen LogP contribution in [-0.4, -0.2) is 17.0 Å². The molecule has 0 spiro atoms. The van der Waals surface area contributed by atoms with Crippen molar-refractivity contribution in [3.8, 4) is 5.75 Å². The number of Topliss-reactive ketones (excluding diaryl/α,β-unsaturated/α-hetero) is 1. The maximum Gasteiger partial charge on any atom is 0.202 e. The first kappa shape index (κ1) is 13.9. The molecule has 1 aliphatic rings. The van der Waals surface area contributed by atoms with Crippen LogP contribution < -0.4 is 4.74 Å². The number of rotatable bonds is 5. The Kier molecular flexibility index (Phi) is 3.53. The van der Waals surface area contributed by atoms with E-state index in [9.17, 15) is 9.18 Å². The van der Waals surface area contributed by atoms with Crippen LogP contribution in [0.15, 0.2) is 30.3 Å². The number of benzene rings is 1. The highest BCUT2D eigenvalue weighted by molar-refractivity contribution is 5.98. The van der Waals surface area contributed by atoms with Crippen LogP contribution >= 0.6 is 0 Å². The van der Waals surface area contributed by atoms with E-state index >= 15 is 0 Å². The quantitative estimate of drug-likeness (QED) is 0.782. The number of carbonyl (C=O) groups is 1. The lowest BCUT2D eigenvalue weighted by Crippen LogP contribution is -2.13. The molecule has 4 heteroatoms. The first-order valence-electron chi connectivity index (χ1n) is 7.16. The molecular formula is C17H18FNO2. The lowest BCUT2D eigenvalue weighted by Gasteiger charge is -2.08. The van der Waals surface area contributed by atoms with Crippen LogP contribution in [0.1, 0.15) is 40.6 Å². The van der Waals surface area contributed by atoms with Crippen molar-refractivity contribution in [1.82, 2.24) is 4.57 Å². The number of carbonyl (C=O) groups excluding carboxylic acids is 1. The Morgan fingerprint density at radius 3 is 2.76 bits per heavy atom. The summed E-state index contributed by atoms with van der Waals surface area (Å²) < 4.78 is 20.7. The summed E-state index contributed by atoms with van der Waals surface area (Å²) >= 11 is 0. The molecule has 0 radical (unpaired) electrons. The van der Waals surface area contributed by atoms with E-state index in [4.69, 9.17) is 4.74 Å². The van der Waals surface area contributed by atoms with Crippen molar-refractivity contribution in [3.05, 3.63) is 53.1 Å². The lowest BCUT2D eigenvalue weighted by molar-refractivity contribution is 0.0920. The molecule has 1 saturated carbocycles. The van der Waals surface area contributed by atoms with Gasteiger partial charge in [-0.3, -0.25) is 4.79 Å². The fourth-order valence-electron chi connectivity index (χ4n) is 2.74. The van der Waals surface area contributed by atoms with E-state index in [1.807, 2.05) is 19.9 Å². The van der Waals surface area contributed by atoms with Crippen LogP contribution in [0, 0.1) is 19.7 Å². The number of aromatic nitrogens is 1. The SMILES string of the molecule is Cc1cc(C(=O)COc2cccc(F)c2)c(C)n1C1CC1. The van der Waals surface area contributed by atoms with Crippen molar-refractivity contribution in [2.24, 2.45) is 0 Å². The predicted molar refractivity (Wildman–Crippen MR) is 78.4 cm³/mol. The van der Waals surface area contributed by atoms with Crippen molar-refractivity contribution in [2.45, 2.75) is 32.7 Å². The maximum absolute atomic E-state index is 13.1. The third-order valence-electron chi connectivity index (χ3n) is 3.86. The van der Waals surface area contributed by atoms with Crippen molar-refractivity contribution in [2.75, 3.05) is 6.61 Å². The minimum atomic E-state index is -0.369. The number of ketones is 1. The second-order valence-corrected chi connectivity index (χ2v) is 5.56. The van der Waals surface area contributed by atoms with Gasteiger partial charge in [0, 0.05) is 29.1 Å². The number of nitrogens with zero attached hydrogens (tertiary/aromatic N) is 1. The van der Waals surface area contributed by atoms with Gasteiger partial charge in [-0.2, -0.15) is 0 Å². The van der Waals surface area contributed by atoms with Gasteiger partial charge in [0.25, 0.3) is 0 Å². The van der Waals surface area contributed by atoms with E-state index in [1.165, 1.54) is 25.0 Å². The second-order valence-electron chi connectivity index (χ2n) is 5.56. The van der Waals surface area contributed by atoms with Gasteiger partial charge >= 0.3 is 0 Å². The molecule has 0 amide bonds. The number of hydrogen-bond donors (Lipinski definition) is 0. The molecule has 1 aromatic heterocycles. The van der Waals surface area contributed by atoms with Crippen molar-refractivity contribution >= 4 is 5.78 Å². The molecule has 2 aromatic rings. The number of hydrogen-bond acceptors (Lipinski definition) is 2. The molecule has 110 valence electrons. The Bertz CT molecular complexity index is 686. The van der Waals surface area contributed by atoms with Gasteiger partial charge in [-0.15, -0.1) is 0 Å². The fraction of sp³-hybridized carbons (Fsp3) is 0.353. The molecule has 1 aromatic carbocycles. The average Bonchev–Trinajstić information content (AvgIpc) is 3.22. The summed E-state index contributed by atoms with van der Waals surface area (Å²) in [6.45, 7) is 3.93. The summed E-state index contributed by atoms with van der Waals surface area (Å²) in [6, 6.07) is 8.30. The molecule has 1 fully saturated rings. The van der Waals surface area contributed by atoms with E-state index in [2.05, 4.69) is 4.57 Å². The number of halogens is 1. The molecule has 1 aliphatic carbocycles. The molecule has 0 unspecified atom stereocenters. The van der Waals surface area contributed by atoms with Gasteiger partial charge in [0.2, 0.25) is 5.78 Å². The highest BCUT2D eigenvalue weighted by atomic mass is 19.1. The van der Waals surface area contributed by atoms with Crippen LogP contribution in [0.2, 0.25) is 0 Å². The summed E-state index contributed by atoms with van der Waals surface area (Å²) in [7, 11) is 0. The van der Waals surface area contributed by atoms with Crippen LogP contribution in [-0.2, 0) is 0 Å². The van der Waals surface area contributed by atoms with Gasteiger partial charge < -0.3 is 9.30 Å². The van der Waals surface area contributed by atoms with E-state index in [0.717, 1.165) is 11.4 Å². The molecule has 0 atom stereocenters. The Balaban J connectivity index is 1.72. The third-order valence-corrected chi connectivity index (χ3v) is 3.86.